The van der Waals surface area contributed by atoms with Gasteiger partial charge >= 0.3 is 0 Å². The van der Waals surface area contributed by atoms with E-state index < -0.39 is 9.84 Å². The lowest BCUT2D eigenvalue weighted by Crippen LogP contribution is -2.11. The molecule has 6 heteroatoms. The summed E-state index contributed by atoms with van der Waals surface area (Å²) in [7, 11) is -2.93. The van der Waals surface area contributed by atoms with Gasteiger partial charge < -0.3 is 5.32 Å². The van der Waals surface area contributed by atoms with Crippen LogP contribution in [0.3, 0.4) is 0 Å². The molecule has 0 atom stereocenters. The molecule has 1 rings (SSSR count). The fraction of sp³-hybridized carbons (Fsp3) is 0.500. The van der Waals surface area contributed by atoms with E-state index in [-0.39, 0.29) is 5.75 Å². The number of nitrogens with zero attached hydrogens (tertiary/aromatic N) is 2. The van der Waals surface area contributed by atoms with Crippen LogP contribution in [0.15, 0.2) is 6.07 Å². The second kappa shape index (κ2) is 5.83. The second-order valence-electron chi connectivity index (χ2n) is 4.29. The molecular formula is C12H17N3O2S. The lowest BCUT2D eigenvalue weighted by atomic mass is 10.1. The number of nitriles is 1. The minimum absolute atomic E-state index is 0.144. The number of rotatable bonds is 5. The minimum atomic E-state index is -2.93. The Hall–Kier alpha value is -1.61. The van der Waals surface area contributed by atoms with Gasteiger partial charge in [0.25, 0.3) is 0 Å². The van der Waals surface area contributed by atoms with Gasteiger partial charge in [0, 0.05) is 18.5 Å². The molecule has 0 unspecified atom stereocenters. The predicted octanol–water partition coefficient (Wildman–Crippen LogP) is 1.42. The number of sulfone groups is 1. The van der Waals surface area contributed by atoms with Gasteiger partial charge in [-0.1, -0.05) is 0 Å². The summed E-state index contributed by atoms with van der Waals surface area (Å²) in [6.45, 7) is 4.16. The van der Waals surface area contributed by atoms with Crippen LogP contribution in [0, 0.1) is 25.2 Å². The Bertz CT molecular complexity index is 574. The Morgan fingerprint density at radius 3 is 2.67 bits per heavy atom. The van der Waals surface area contributed by atoms with Crippen LogP contribution in [0.25, 0.3) is 0 Å². The number of nitrogens with one attached hydrogen (secondary N) is 1. The zero-order valence-corrected chi connectivity index (χ0v) is 11.6. The van der Waals surface area contributed by atoms with Crippen LogP contribution in [0.5, 0.6) is 0 Å². The number of aromatic nitrogens is 1. The van der Waals surface area contributed by atoms with Gasteiger partial charge in [-0.15, -0.1) is 0 Å². The molecule has 0 saturated heterocycles. The Morgan fingerprint density at radius 2 is 2.11 bits per heavy atom. The van der Waals surface area contributed by atoms with Crippen molar-refractivity contribution in [2.75, 3.05) is 23.9 Å². The first-order valence-corrected chi connectivity index (χ1v) is 7.69. The normalized spacial score (nSPS) is 11.0. The highest BCUT2D eigenvalue weighted by molar-refractivity contribution is 7.90. The molecule has 0 spiro atoms. The van der Waals surface area contributed by atoms with Gasteiger partial charge in [0.05, 0.1) is 22.7 Å². The van der Waals surface area contributed by atoms with Gasteiger partial charge in [-0.05, 0) is 26.3 Å². The van der Waals surface area contributed by atoms with Crippen LogP contribution in [-0.2, 0) is 9.84 Å². The fourth-order valence-corrected chi connectivity index (χ4v) is 2.34. The first kappa shape index (κ1) is 14.5. The minimum Gasteiger partial charge on any atom is -0.384 e. The molecule has 0 aliphatic rings. The predicted molar refractivity (Wildman–Crippen MR) is 71.2 cm³/mol. The van der Waals surface area contributed by atoms with Crippen LogP contribution in [0.2, 0.25) is 0 Å². The quantitative estimate of drug-likeness (QED) is 0.816. The number of hydrogen-bond donors (Lipinski definition) is 1. The van der Waals surface area contributed by atoms with Crippen molar-refractivity contribution in [1.82, 2.24) is 4.98 Å². The molecule has 0 aromatic carbocycles. The van der Waals surface area contributed by atoms with E-state index in [1.54, 1.807) is 13.0 Å². The highest BCUT2D eigenvalue weighted by Gasteiger charge is 2.08. The summed E-state index contributed by atoms with van der Waals surface area (Å²) < 4.78 is 22.0. The maximum Gasteiger partial charge on any atom is 0.147 e. The monoisotopic (exact) mass is 267 g/mol. The van der Waals surface area contributed by atoms with E-state index in [0.717, 1.165) is 11.4 Å². The largest absolute Gasteiger partial charge is 0.384 e. The Labute approximate surface area is 108 Å². The van der Waals surface area contributed by atoms with Gasteiger partial charge in [0.15, 0.2) is 0 Å². The van der Waals surface area contributed by atoms with E-state index in [4.69, 9.17) is 5.26 Å². The Kier molecular flexibility index (Phi) is 4.68. The van der Waals surface area contributed by atoms with Crippen LogP contribution in [-0.4, -0.2) is 32.0 Å². The van der Waals surface area contributed by atoms with Crippen molar-refractivity contribution in [2.45, 2.75) is 20.3 Å². The Balaban J connectivity index is 2.71. The van der Waals surface area contributed by atoms with Crippen molar-refractivity contribution < 1.29 is 8.42 Å². The first-order valence-electron chi connectivity index (χ1n) is 5.63. The first-order chi connectivity index (χ1) is 8.33. The van der Waals surface area contributed by atoms with Crippen molar-refractivity contribution in [3.63, 3.8) is 0 Å². The fourth-order valence-electron chi connectivity index (χ4n) is 1.67. The molecule has 1 N–H and O–H groups in total. The molecule has 5 nitrogen and oxygen atoms in total. The van der Waals surface area contributed by atoms with Crippen LogP contribution in [0.1, 0.15) is 23.4 Å². The number of aryl methyl sites for hydroxylation is 2. The molecule has 0 aliphatic heterocycles. The summed E-state index contributed by atoms with van der Waals surface area (Å²) in [4.78, 5) is 4.21. The van der Waals surface area contributed by atoms with Gasteiger partial charge in [-0.25, -0.2) is 8.42 Å². The van der Waals surface area contributed by atoms with E-state index >= 15 is 0 Å². The second-order valence-corrected chi connectivity index (χ2v) is 6.55. The van der Waals surface area contributed by atoms with Crippen LogP contribution < -0.4 is 5.32 Å². The van der Waals surface area contributed by atoms with Gasteiger partial charge in [-0.2, -0.15) is 5.26 Å². The summed E-state index contributed by atoms with van der Waals surface area (Å²) in [6, 6.07) is 3.90. The number of anilines is 1. The summed E-state index contributed by atoms with van der Waals surface area (Å²) in [5, 5.41) is 12.1. The van der Waals surface area contributed by atoms with Crippen LogP contribution >= 0.6 is 0 Å². The lowest BCUT2D eigenvalue weighted by molar-refractivity contribution is 0.600. The highest BCUT2D eigenvalue weighted by Crippen LogP contribution is 2.18. The molecule has 1 aromatic heterocycles. The molecule has 1 heterocycles. The summed E-state index contributed by atoms with van der Waals surface area (Å²) >= 11 is 0. The zero-order valence-electron chi connectivity index (χ0n) is 10.8. The zero-order chi connectivity index (χ0) is 13.8. The molecule has 0 fully saturated rings. The van der Waals surface area contributed by atoms with E-state index in [0.29, 0.717) is 24.2 Å². The smallest absolute Gasteiger partial charge is 0.147 e. The van der Waals surface area contributed by atoms with Crippen molar-refractivity contribution in [3.05, 3.63) is 23.0 Å². The van der Waals surface area contributed by atoms with Gasteiger partial charge in [-0.3, -0.25) is 4.98 Å². The molecule has 18 heavy (non-hydrogen) atoms. The third-order valence-electron chi connectivity index (χ3n) is 2.45. The molecule has 0 aliphatic carbocycles. The van der Waals surface area contributed by atoms with E-state index in [1.165, 1.54) is 6.26 Å². The Morgan fingerprint density at radius 1 is 1.44 bits per heavy atom. The van der Waals surface area contributed by atoms with Gasteiger partial charge in [0.1, 0.15) is 15.9 Å². The third kappa shape index (κ3) is 4.34. The molecule has 0 amide bonds. The number of pyridine rings is 1. The van der Waals surface area contributed by atoms with Gasteiger partial charge in [0.2, 0.25) is 0 Å². The van der Waals surface area contributed by atoms with Crippen LogP contribution in [0.4, 0.5) is 5.69 Å². The summed E-state index contributed by atoms with van der Waals surface area (Å²) in [6.07, 6.45) is 1.73. The molecular weight excluding hydrogens is 250 g/mol. The molecule has 1 aromatic rings. The summed E-state index contributed by atoms with van der Waals surface area (Å²) in [5.74, 6) is 0.144. The molecule has 0 saturated carbocycles. The van der Waals surface area contributed by atoms with Crippen molar-refractivity contribution >= 4 is 15.5 Å². The third-order valence-corrected chi connectivity index (χ3v) is 3.48. The average Bonchev–Trinajstić information content (AvgIpc) is 2.22. The number of hydrogen-bond acceptors (Lipinski definition) is 5. The van der Waals surface area contributed by atoms with E-state index in [1.807, 2.05) is 6.92 Å². The molecule has 0 radical (unpaired) electrons. The van der Waals surface area contributed by atoms with E-state index in [9.17, 15) is 8.42 Å². The molecule has 98 valence electrons. The lowest BCUT2D eigenvalue weighted by Gasteiger charge is -2.10. The topological polar surface area (TPSA) is 82.9 Å². The maximum absolute atomic E-state index is 11.0. The summed E-state index contributed by atoms with van der Waals surface area (Å²) in [5.41, 5.74) is 2.75. The van der Waals surface area contributed by atoms with Crippen molar-refractivity contribution in [2.24, 2.45) is 0 Å². The van der Waals surface area contributed by atoms with E-state index in [2.05, 4.69) is 16.4 Å². The van der Waals surface area contributed by atoms with Crippen molar-refractivity contribution in [3.8, 4) is 6.07 Å². The molecule has 0 bridgehead atoms. The SMILES string of the molecule is Cc1cc(NCCCS(C)(=O)=O)c(C#N)c(C)n1. The van der Waals surface area contributed by atoms with Crippen molar-refractivity contribution in [1.29, 1.82) is 5.26 Å². The standard InChI is InChI=1S/C12H17N3O2S/c1-9-7-12(11(8-13)10(2)15-9)14-5-4-6-18(3,16)17/h7H,4-6H2,1-3H3,(H,14,15). The average molecular weight is 267 g/mol. The highest BCUT2D eigenvalue weighted by atomic mass is 32.2. The maximum atomic E-state index is 11.0.